The van der Waals surface area contributed by atoms with Crippen LogP contribution < -0.4 is 0 Å². The summed E-state index contributed by atoms with van der Waals surface area (Å²) in [7, 11) is 0. The van der Waals surface area contributed by atoms with Gasteiger partial charge in [0.1, 0.15) is 11.3 Å². The average molecular weight is 294 g/mol. The summed E-state index contributed by atoms with van der Waals surface area (Å²) in [4.78, 5) is 8.41. The van der Waals surface area contributed by atoms with E-state index in [0.29, 0.717) is 17.9 Å². The normalized spacial score (nSPS) is 11.2. The third-order valence-electron chi connectivity index (χ3n) is 3.04. The van der Waals surface area contributed by atoms with Crippen LogP contribution in [-0.2, 0) is 12.4 Å². The molecule has 0 amide bonds. The molecule has 3 nitrogen and oxygen atoms in total. The van der Waals surface area contributed by atoms with Crippen molar-refractivity contribution in [3.8, 4) is 0 Å². The van der Waals surface area contributed by atoms with Gasteiger partial charge in [0, 0.05) is 6.20 Å². The van der Waals surface area contributed by atoms with Crippen LogP contribution in [0.2, 0.25) is 0 Å². The fourth-order valence-electron chi connectivity index (χ4n) is 2.13. The van der Waals surface area contributed by atoms with E-state index >= 15 is 0 Å². The summed E-state index contributed by atoms with van der Waals surface area (Å²) in [5, 5.41) is 0. The summed E-state index contributed by atoms with van der Waals surface area (Å²) in [6, 6.07) is 7.94. The standard InChI is InChI=1S/C14H10ClF2N3/c15-7-12-19-11-5-4-10(16)13(17)14(11)20(12)8-9-3-1-2-6-18-9/h1-6H,7-8H2. The van der Waals surface area contributed by atoms with Crippen molar-refractivity contribution in [1.29, 1.82) is 0 Å². The quantitative estimate of drug-likeness (QED) is 0.692. The zero-order valence-corrected chi connectivity index (χ0v) is 11.1. The molecular formula is C14H10ClF2N3. The molecule has 2 heterocycles. The molecule has 0 spiro atoms. The Morgan fingerprint density at radius 3 is 2.70 bits per heavy atom. The lowest BCUT2D eigenvalue weighted by Gasteiger charge is -2.07. The van der Waals surface area contributed by atoms with Crippen molar-refractivity contribution in [3.63, 3.8) is 0 Å². The molecule has 0 bridgehead atoms. The molecule has 0 radical (unpaired) electrons. The van der Waals surface area contributed by atoms with Crippen LogP contribution in [0.3, 0.4) is 0 Å². The van der Waals surface area contributed by atoms with Crippen LogP contribution in [0.5, 0.6) is 0 Å². The van der Waals surface area contributed by atoms with E-state index in [1.54, 1.807) is 22.9 Å². The molecule has 6 heteroatoms. The third kappa shape index (κ3) is 2.14. The Kier molecular flexibility index (Phi) is 3.36. The fourth-order valence-corrected chi connectivity index (χ4v) is 2.34. The van der Waals surface area contributed by atoms with Gasteiger partial charge in [-0.1, -0.05) is 6.07 Å². The molecule has 0 N–H and O–H groups in total. The van der Waals surface area contributed by atoms with E-state index in [0.717, 1.165) is 11.8 Å². The first-order chi connectivity index (χ1) is 9.70. The van der Waals surface area contributed by atoms with Crippen LogP contribution >= 0.6 is 11.6 Å². The number of hydrogen-bond acceptors (Lipinski definition) is 2. The topological polar surface area (TPSA) is 30.7 Å². The van der Waals surface area contributed by atoms with Gasteiger partial charge < -0.3 is 4.57 Å². The maximum absolute atomic E-state index is 14.0. The summed E-state index contributed by atoms with van der Waals surface area (Å²) >= 11 is 5.84. The summed E-state index contributed by atoms with van der Waals surface area (Å²) in [6.45, 7) is 0.291. The van der Waals surface area contributed by atoms with E-state index in [-0.39, 0.29) is 11.4 Å². The summed E-state index contributed by atoms with van der Waals surface area (Å²) in [6.07, 6.45) is 1.64. The number of alkyl halides is 1. The molecule has 0 atom stereocenters. The summed E-state index contributed by atoms with van der Waals surface area (Å²) in [5.41, 5.74) is 1.23. The number of benzene rings is 1. The first-order valence-corrected chi connectivity index (χ1v) is 6.53. The van der Waals surface area contributed by atoms with Crippen LogP contribution in [0.15, 0.2) is 36.5 Å². The second-order valence-electron chi connectivity index (χ2n) is 4.30. The predicted molar refractivity (Wildman–Crippen MR) is 72.5 cm³/mol. The first-order valence-electron chi connectivity index (χ1n) is 5.99. The van der Waals surface area contributed by atoms with Gasteiger partial charge in [0.25, 0.3) is 0 Å². The van der Waals surface area contributed by atoms with Crippen molar-refractivity contribution < 1.29 is 8.78 Å². The molecule has 0 aliphatic rings. The highest BCUT2D eigenvalue weighted by Gasteiger charge is 2.17. The fraction of sp³-hybridized carbons (Fsp3) is 0.143. The van der Waals surface area contributed by atoms with Gasteiger partial charge in [0.2, 0.25) is 0 Å². The van der Waals surface area contributed by atoms with Crippen molar-refractivity contribution in [3.05, 3.63) is 59.7 Å². The molecule has 0 unspecified atom stereocenters. The number of aromatic nitrogens is 3. The second kappa shape index (κ2) is 5.17. The predicted octanol–water partition coefficient (Wildman–Crippen LogP) is 3.50. The number of pyridine rings is 1. The zero-order valence-electron chi connectivity index (χ0n) is 10.4. The largest absolute Gasteiger partial charge is 0.318 e. The van der Waals surface area contributed by atoms with Gasteiger partial charge in [-0.2, -0.15) is 0 Å². The minimum Gasteiger partial charge on any atom is -0.318 e. The van der Waals surface area contributed by atoms with Crippen LogP contribution in [0.4, 0.5) is 8.78 Å². The molecule has 102 valence electrons. The Morgan fingerprint density at radius 1 is 1.15 bits per heavy atom. The number of nitrogens with zero attached hydrogens (tertiary/aromatic N) is 3. The van der Waals surface area contributed by atoms with Crippen LogP contribution in [-0.4, -0.2) is 14.5 Å². The molecule has 0 saturated carbocycles. The maximum atomic E-state index is 14.0. The van der Waals surface area contributed by atoms with E-state index in [4.69, 9.17) is 11.6 Å². The monoisotopic (exact) mass is 293 g/mol. The Morgan fingerprint density at radius 2 is 2.00 bits per heavy atom. The third-order valence-corrected chi connectivity index (χ3v) is 3.28. The number of rotatable bonds is 3. The SMILES string of the molecule is Fc1ccc2nc(CCl)n(Cc3ccccn3)c2c1F. The zero-order chi connectivity index (χ0) is 14.1. The molecular weight excluding hydrogens is 284 g/mol. The number of imidazole rings is 1. The number of halogens is 3. The van der Waals surface area contributed by atoms with Gasteiger partial charge in [-0.3, -0.25) is 4.98 Å². The lowest BCUT2D eigenvalue weighted by Crippen LogP contribution is -2.06. The number of fused-ring (bicyclic) bond motifs is 1. The van der Waals surface area contributed by atoms with Gasteiger partial charge in [-0.15, -0.1) is 11.6 Å². The summed E-state index contributed by atoms with van der Waals surface area (Å²) in [5.74, 6) is -1.22. The minimum atomic E-state index is -0.915. The van der Waals surface area contributed by atoms with E-state index in [9.17, 15) is 8.78 Å². The smallest absolute Gasteiger partial charge is 0.184 e. The van der Waals surface area contributed by atoms with Gasteiger partial charge in [-0.25, -0.2) is 13.8 Å². The van der Waals surface area contributed by atoms with Crippen molar-refractivity contribution in [1.82, 2.24) is 14.5 Å². The Bertz CT molecular complexity index is 756. The molecule has 0 aliphatic carbocycles. The van der Waals surface area contributed by atoms with E-state index in [1.807, 2.05) is 6.07 Å². The highest BCUT2D eigenvalue weighted by molar-refractivity contribution is 6.16. The van der Waals surface area contributed by atoms with Gasteiger partial charge in [0.15, 0.2) is 11.6 Å². The van der Waals surface area contributed by atoms with Gasteiger partial charge >= 0.3 is 0 Å². The molecule has 1 aromatic carbocycles. The molecule has 20 heavy (non-hydrogen) atoms. The van der Waals surface area contributed by atoms with Crippen molar-refractivity contribution in [2.24, 2.45) is 0 Å². The van der Waals surface area contributed by atoms with Gasteiger partial charge in [0.05, 0.1) is 23.6 Å². The lowest BCUT2D eigenvalue weighted by molar-refractivity contribution is 0.511. The Labute approximate surface area is 118 Å². The molecule has 3 aromatic rings. The first kappa shape index (κ1) is 13.0. The van der Waals surface area contributed by atoms with E-state index in [2.05, 4.69) is 9.97 Å². The van der Waals surface area contributed by atoms with Crippen molar-refractivity contribution in [2.45, 2.75) is 12.4 Å². The highest BCUT2D eigenvalue weighted by atomic mass is 35.5. The molecule has 0 fully saturated rings. The summed E-state index contributed by atoms with van der Waals surface area (Å²) < 4.78 is 29.0. The Hall–Kier alpha value is -2.01. The van der Waals surface area contributed by atoms with E-state index in [1.165, 1.54) is 6.07 Å². The average Bonchev–Trinajstić information content (AvgIpc) is 2.83. The highest BCUT2D eigenvalue weighted by Crippen LogP contribution is 2.23. The second-order valence-corrected chi connectivity index (χ2v) is 4.57. The van der Waals surface area contributed by atoms with Crippen LogP contribution in [0.1, 0.15) is 11.5 Å². The van der Waals surface area contributed by atoms with Crippen molar-refractivity contribution in [2.75, 3.05) is 0 Å². The van der Waals surface area contributed by atoms with E-state index < -0.39 is 11.6 Å². The molecule has 2 aromatic heterocycles. The lowest BCUT2D eigenvalue weighted by atomic mass is 10.3. The van der Waals surface area contributed by atoms with Crippen LogP contribution in [0, 0.1) is 11.6 Å². The Balaban J connectivity index is 2.19. The minimum absolute atomic E-state index is 0.114. The number of hydrogen-bond donors (Lipinski definition) is 0. The van der Waals surface area contributed by atoms with Crippen LogP contribution in [0.25, 0.3) is 11.0 Å². The van der Waals surface area contributed by atoms with Gasteiger partial charge in [-0.05, 0) is 24.3 Å². The maximum Gasteiger partial charge on any atom is 0.184 e. The van der Waals surface area contributed by atoms with Crippen molar-refractivity contribution >= 4 is 22.6 Å². The molecule has 0 saturated heterocycles. The molecule has 3 rings (SSSR count). The molecule has 0 aliphatic heterocycles.